The molecule has 19 heteroatoms. The summed E-state index contributed by atoms with van der Waals surface area (Å²) in [6.07, 6.45) is 68.8. The predicted octanol–water partition coefficient (Wildman–Crippen LogP) is 25.0. The molecule has 0 aliphatic heterocycles. The Morgan fingerprint density at radius 2 is 0.524 bits per heavy atom. The predicted molar refractivity (Wildman–Crippen MR) is 423 cm³/mol. The van der Waals surface area contributed by atoms with Crippen LogP contribution in [0.4, 0.5) is 0 Å². The molecule has 0 aromatic heterocycles. The molecule has 0 saturated heterocycles. The highest BCUT2D eigenvalue weighted by molar-refractivity contribution is 7.47. The summed E-state index contributed by atoms with van der Waals surface area (Å²) in [7, 11) is -9.94. The van der Waals surface area contributed by atoms with Gasteiger partial charge in [-0.2, -0.15) is 0 Å². The van der Waals surface area contributed by atoms with Crippen molar-refractivity contribution in [1.29, 1.82) is 0 Å². The van der Waals surface area contributed by atoms with Gasteiger partial charge in [-0.15, -0.1) is 0 Å². The number of ether oxygens (including phenoxy) is 4. The van der Waals surface area contributed by atoms with E-state index < -0.39 is 97.5 Å². The van der Waals surface area contributed by atoms with Crippen molar-refractivity contribution in [3.63, 3.8) is 0 Å². The molecule has 0 saturated carbocycles. The van der Waals surface area contributed by atoms with Crippen LogP contribution in [0.25, 0.3) is 0 Å². The molecule has 0 bridgehead atoms. The largest absolute Gasteiger partial charge is 0.472 e. The number of esters is 4. The molecule has 608 valence electrons. The molecule has 0 rings (SSSR count). The van der Waals surface area contributed by atoms with Gasteiger partial charge in [0.15, 0.2) is 12.2 Å². The Kier molecular flexibility index (Phi) is 73.2. The average molecular weight is 1500 g/mol. The van der Waals surface area contributed by atoms with Crippen LogP contribution < -0.4 is 0 Å². The number of hydrogen-bond acceptors (Lipinski definition) is 15. The second-order valence-corrected chi connectivity index (χ2v) is 33.4. The van der Waals surface area contributed by atoms with Gasteiger partial charge in [-0.25, -0.2) is 9.13 Å². The maximum atomic E-state index is 13.1. The van der Waals surface area contributed by atoms with Crippen molar-refractivity contribution in [1.82, 2.24) is 0 Å². The molecule has 3 N–H and O–H groups in total. The number of aliphatic hydroxyl groups excluding tert-OH is 1. The van der Waals surface area contributed by atoms with Crippen molar-refractivity contribution >= 4 is 39.5 Å². The van der Waals surface area contributed by atoms with E-state index in [1.54, 1.807) is 0 Å². The normalized spacial score (nSPS) is 14.0. The molecule has 0 radical (unpaired) electrons. The molecule has 0 heterocycles. The summed E-state index contributed by atoms with van der Waals surface area (Å²) in [6, 6.07) is 0. The molecule has 0 amide bonds. The number of allylic oxidation sites excluding steroid dienone is 4. The topological polar surface area (TPSA) is 237 Å². The van der Waals surface area contributed by atoms with E-state index in [-0.39, 0.29) is 25.7 Å². The highest BCUT2D eigenvalue weighted by atomic mass is 31.2. The summed E-state index contributed by atoms with van der Waals surface area (Å²) in [4.78, 5) is 73.1. The molecule has 5 atom stereocenters. The Hall–Kier alpha value is -2.46. The molecule has 0 aliphatic carbocycles. The molecular weight excluding hydrogens is 1340 g/mol. The second-order valence-electron chi connectivity index (χ2n) is 30.5. The second kappa shape index (κ2) is 75.0. The van der Waals surface area contributed by atoms with Crippen LogP contribution in [0, 0.1) is 11.8 Å². The molecule has 103 heavy (non-hydrogen) atoms. The third-order valence-corrected chi connectivity index (χ3v) is 21.0. The number of aliphatic hydroxyl groups is 1. The number of phosphoric acid groups is 2. The van der Waals surface area contributed by atoms with Crippen LogP contribution in [-0.4, -0.2) is 96.7 Å². The smallest absolute Gasteiger partial charge is 0.462 e. The number of rotatable bonds is 81. The van der Waals surface area contributed by atoms with Crippen molar-refractivity contribution < 1.29 is 80.2 Å². The third-order valence-electron chi connectivity index (χ3n) is 19.1. The lowest BCUT2D eigenvalue weighted by Crippen LogP contribution is -2.30. The van der Waals surface area contributed by atoms with E-state index in [9.17, 15) is 43.2 Å². The molecular formula is C84H160O17P2. The minimum absolute atomic E-state index is 0.0849. The maximum Gasteiger partial charge on any atom is 0.472 e. The zero-order chi connectivity index (χ0) is 75.6. The SMILES string of the molecule is CCCCCC/C=C\C=C/CCCCCCCC(=O)O[C@H](COC(=O)CCCCCCCCCCCC(C)C)COP(=O)(O)OC[C@H](O)COP(=O)(O)OC[C@@H](COC(=O)CCCCCCCCCCCCCCCC(C)C)OC(=O)CCCCCCCCCCCCCCCCCCCCCC. The zero-order valence-corrected chi connectivity index (χ0v) is 68.9. The Morgan fingerprint density at radius 1 is 0.301 bits per heavy atom. The summed E-state index contributed by atoms with van der Waals surface area (Å²) < 4.78 is 68.8. The lowest BCUT2D eigenvalue weighted by Gasteiger charge is -2.21. The molecule has 0 aliphatic rings. The van der Waals surface area contributed by atoms with E-state index in [0.717, 1.165) is 115 Å². The van der Waals surface area contributed by atoms with Crippen LogP contribution in [0.5, 0.6) is 0 Å². The summed E-state index contributed by atoms with van der Waals surface area (Å²) in [5, 5.41) is 10.7. The number of phosphoric ester groups is 2. The Morgan fingerprint density at radius 3 is 0.796 bits per heavy atom. The van der Waals surface area contributed by atoms with Crippen LogP contribution >= 0.6 is 15.6 Å². The van der Waals surface area contributed by atoms with Gasteiger partial charge in [-0.3, -0.25) is 37.3 Å². The Balaban J connectivity index is 5.28. The van der Waals surface area contributed by atoms with Crippen molar-refractivity contribution in [3.05, 3.63) is 24.3 Å². The fourth-order valence-electron chi connectivity index (χ4n) is 12.5. The molecule has 0 aromatic carbocycles. The molecule has 0 fully saturated rings. The summed E-state index contributed by atoms with van der Waals surface area (Å²) >= 11 is 0. The quantitative estimate of drug-likeness (QED) is 0.0169. The Bertz CT molecular complexity index is 2070. The number of carbonyl (C=O) groups excluding carboxylic acids is 4. The maximum absolute atomic E-state index is 13.1. The lowest BCUT2D eigenvalue weighted by molar-refractivity contribution is -0.161. The van der Waals surface area contributed by atoms with E-state index in [0.29, 0.717) is 25.7 Å². The number of hydrogen-bond donors (Lipinski definition) is 3. The van der Waals surface area contributed by atoms with Crippen LogP contribution in [0.2, 0.25) is 0 Å². The van der Waals surface area contributed by atoms with Crippen LogP contribution in [0.15, 0.2) is 24.3 Å². The monoisotopic (exact) mass is 1500 g/mol. The molecule has 2 unspecified atom stereocenters. The van der Waals surface area contributed by atoms with Crippen molar-refractivity contribution in [3.8, 4) is 0 Å². The van der Waals surface area contributed by atoms with Crippen molar-refractivity contribution in [2.24, 2.45) is 11.8 Å². The van der Waals surface area contributed by atoms with E-state index in [1.165, 1.54) is 225 Å². The fraction of sp³-hybridized carbons (Fsp3) is 0.905. The van der Waals surface area contributed by atoms with Crippen molar-refractivity contribution in [2.75, 3.05) is 39.6 Å². The Labute approximate surface area is 631 Å². The minimum Gasteiger partial charge on any atom is -0.462 e. The first-order chi connectivity index (χ1) is 49.9. The average Bonchev–Trinajstić information content (AvgIpc) is 0.925. The van der Waals surface area contributed by atoms with Crippen LogP contribution in [-0.2, 0) is 65.4 Å². The molecule has 17 nitrogen and oxygen atoms in total. The van der Waals surface area contributed by atoms with Gasteiger partial charge in [0.05, 0.1) is 26.4 Å². The third kappa shape index (κ3) is 77.5. The van der Waals surface area contributed by atoms with Gasteiger partial charge in [-0.05, 0) is 63.2 Å². The fourth-order valence-corrected chi connectivity index (χ4v) is 14.1. The molecule has 0 aromatic rings. The summed E-state index contributed by atoms with van der Waals surface area (Å²) in [6.45, 7) is 9.58. The first-order valence-corrected chi connectivity index (χ1v) is 45.8. The highest BCUT2D eigenvalue weighted by Crippen LogP contribution is 2.45. The van der Waals surface area contributed by atoms with Gasteiger partial charge >= 0.3 is 39.5 Å². The van der Waals surface area contributed by atoms with Gasteiger partial charge in [0, 0.05) is 25.7 Å². The van der Waals surface area contributed by atoms with Gasteiger partial charge in [-0.1, -0.05) is 368 Å². The van der Waals surface area contributed by atoms with E-state index in [1.807, 2.05) is 0 Å². The van der Waals surface area contributed by atoms with Gasteiger partial charge < -0.3 is 33.8 Å². The van der Waals surface area contributed by atoms with Gasteiger partial charge in [0.2, 0.25) is 0 Å². The van der Waals surface area contributed by atoms with Crippen LogP contribution in [0.1, 0.15) is 420 Å². The first kappa shape index (κ1) is 101. The number of unbranched alkanes of at least 4 members (excludes halogenated alkanes) is 48. The zero-order valence-electron chi connectivity index (χ0n) is 67.1. The minimum atomic E-state index is -4.97. The standard InChI is InChI=1S/C84H160O17P2/c1-7-9-11-13-15-17-19-21-23-24-25-26-27-29-33-38-44-51-57-63-69-84(89)100-79(72-94-81(86)66-60-54-48-42-36-34-30-31-35-40-46-52-58-64-76(3)4)74-98-102(90,91)96-70-78(85)71-97-103(92,93)99-75-80(73-95-82(87)67-61-55-49-45-39-41-47-53-59-65-77(5)6)101-83(88)68-62-56-50-43-37-32-28-22-20-18-16-14-12-10-8-2/h18,20,22,28,76-80,85H,7-17,19,21,23-27,29-75H2,1-6H3,(H,90,91)(H,92,93)/b20-18-,28-22-/t78-,79-,80-/m1/s1. The van der Waals surface area contributed by atoms with E-state index in [4.69, 9.17) is 37.0 Å². The van der Waals surface area contributed by atoms with Crippen molar-refractivity contribution in [2.45, 2.75) is 439 Å². The first-order valence-electron chi connectivity index (χ1n) is 42.8. The lowest BCUT2D eigenvalue weighted by atomic mass is 10.0. The van der Waals surface area contributed by atoms with Crippen LogP contribution in [0.3, 0.4) is 0 Å². The van der Waals surface area contributed by atoms with E-state index in [2.05, 4.69) is 65.8 Å². The summed E-state index contributed by atoms with van der Waals surface area (Å²) in [5.74, 6) is -0.605. The van der Waals surface area contributed by atoms with E-state index >= 15 is 0 Å². The summed E-state index contributed by atoms with van der Waals surface area (Å²) in [5.41, 5.74) is 0. The van der Waals surface area contributed by atoms with Gasteiger partial charge in [0.1, 0.15) is 19.3 Å². The number of carbonyl (C=O) groups is 4. The highest BCUT2D eigenvalue weighted by Gasteiger charge is 2.30. The molecule has 0 spiro atoms. The van der Waals surface area contributed by atoms with Gasteiger partial charge in [0.25, 0.3) is 0 Å².